The third-order valence-corrected chi connectivity index (χ3v) is 3.25. The topological polar surface area (TPSA) is 46.2 Å². The molecule has 0 radical (unpaired) electrons. The summed E-state index contributed by atoms with van der Waals surface area (Å²) in [7, 11) is 0. The van der Waals surface area contributed by atoms with Crippen molar-refractivity contribution in [3.63, 3.8) is 0 Å². The molecule has 2 rings (SSSR count). The van der Waals surface area contributed by atoms with E-state index < -0.39 is 0 Å². The fourth-order valence-electron chi connectivity index (χ4n) is 1.35. The summed E-state index contributed by atoms with van der Waals surface area (Å²) in [5, 5.41) is 12.0. The van der Waals surface area contributed by atoms with Gasteiger partial charge in [0.1, 0.15) is 0 Å². The Morgan fingerprint density at radius 3 is 2.92 bits per heavy atom. The molecule has 0 aliphatic carbocycles. The molecule has 0 fully saturated rings. The molecule has 0 aliphatic rings. The van der Waals surface area contributed by atoms with Crippen LogP contribution < -0.4 is 5.73 Å². The van der Waals surface area contributed by atoms with E-state index in [9.17, 15) is 0 Å². The lowest BCUT2D eigenvalue weighted by atomic mass is 10.2. The van der Waals surface area contributed by atoms with Gasteiger partial charge in [0.05, 0.1) is 6.61 Å². The van der Waals surface area contributed by atoms with E-state index in [-0.39, 0.29) is 6.61 Å². The second-order valence-electron chi connectivity index (χ2n) is 2.83. The minimum absolute atomic E-state index is 0.0531. The molecule has 0 atom stereocenters. The zero-order chi connectivity index (χ0) is 9.42. The van der Waals surface area contributed by atoms with Gasteiger partial charge < -0.3 is 10.8 Å². The fourth-order valence-corrected chi connectivity index (χ4v) is 2.86. The maximum absolute atomic E-state index is 9.06. The molecule has 0 saturated carbocycles. The molecule has 0 bridgehead atoms. The van der Waals surface area contributed by atoms with Gasteiger partial charge in [-0.1, -0.05) is 0 Å². The van der Waals surface area contributed by atoms with Crippen LogP contribution in [-0.4, -0.2) is 5.11 Å². The molecule has 68 valence electrons. The zero-order valence-electron chi connectivity index (χ0n) is 6.82. The van der Waals surface area contributed by atoms with Gasteiger partial charge in [0.2, 0.25) is 0 Å². The highest BCUT2D eigenvalue weighted by molar-refractivity contribution is 7.80. The van der Waals surface area contributed by atoms with Gasteiger partial charge in [0, 0.05) is 20.7 Å². The molecule has 0 unspecified atom stereocenters. The number of benzene rings is 1. The second-order valence-corrected chi connectivity index (χ2v) is 4.23. The van der Waals surface area contributed by atoms with Gasteiger partial charge in [-0.05, 0) is 23.1 Å². The van der Waals surface area contributed by atoms with E-state index in [0.29, 0.717) is 5.69 Å². The van der Waals surface area contributed by atoms with Crippen LogP contribution in [0.5, 0.6) is 0 Å². The van der Waals surface area contributed by atoms with E-state index in [2.05, 4.69) is 12.6 Å². The van der Waals surface area contributed by atoms with Crippen molar-refractivity contribution < 1.29 is 5.11 Å². The average molecular weight is 211 g/mol. The maximum atomic E-state index is 9.06. The Morgan fingerprint density at radius 2 is 2.23 bits per heavy atom. The Bertz CT molecular complexity index is 450. The number of hydrogen-bond acceptors (Lipinski definition) is 4. The van der Waals surface area contributed by atoms with Crippen molar-refractivity contribution in [3.05, 3.63) is 23.1 Å². The third kappa shape index (κ3) is 1.41. The maximum Gasteiger partial charge on any atom is 0.0696 e. The summed E-state index contributed by atoms with van der Waals surface area (Å²) < 4.78 is 1.08. The fraction of sp³-hybridized carbons (Fsp3) is 0.111. The van der Waals surface area contributed by atoms with Crippen LogP contribution in [0.15, 0.2) is 22.4 Å². The Labute approximate surface area is 85.4 Å². The Morgan fingerprint density at radius 1 is 1.46 bits per heavy atom. The zero-order valence-corrected chi connectivity index (χ0v) is 8.53. The standard InChI is InChI=1S/C9H9NOS2/c10-6-1-7(12)9-5(3-11)4-13-8(9)2-6/h1-2,4,11-12H,3,10H2. The second kappa shape index (κ2) is 3.21. The van der Waals surface area contributed by atoms with Crippen molar-refractivity contribution in [1.82, 2.24) is 0 Å². The van der Waals surface area contributed by atoms with Gasteiger partial charge in [0.15, 0.2) is 0 Å². The van der Waals surface area contributed by atoms with Crippen LogP contribution in [0, 0.1) is 0 Å². The smallest absolute Gasteiger partial charge is 0.0696 e. The van der Waals surface area contributed by atoms with E-state index in [1.54, 1.807) is 17.4 Å². The van der Waals surface area contributed by atoms with E-state index in [0.717, 1.165) is 20.5 Å². The summed E-state index contributed by atoms with van der Waals surface area (Å²) in [5.74, 6) is 0. The summed E-state index contributed by atoms with van der Waals surface area (Å²) in [6, 6.07) is 3.70. The number of rotatable bonds is 1. The van der Waals surface area contributed by atoms with Gasteiger partial charge in [-0.15, -0.1) is 24.0 Å². The van der Waals surface area contributed by atoms with Crippen LogP contribution in [-0.2, 0) is 6.61 Å². The van der Waals surface area contributed by atoms with Crippen molar-refractivity contribution in [2.45, 2.75) is 11.5 Å². The number of thiophene rings is 1. The lowest BCUT2D eigenvalue weighted by molar-refractivity contribution is 0.283. The first-order valence-corrected chi connectivity index (χ1v) is 5.14. The molecular formula is C9H9NOS2. The SMILES string of the molecule is Nc1cc(S)c2c(CO)csc2c1. The molecule has 13 heavy (non-hydrogen) atoms. The molecule has 1 heterocycles. The predicted molar refractivity (Wildman–Crippen MR) is 59.4 cm³/mol. The van der Waals surface area contributed by atoms with Gasteiger partial charge in [-0.25, -0.2) is 0 Å². The Kier molecular flexibility index (Phi) is 2.19. The monoisotopic (exact) mass is 211 g/mol. The van der Waals surface area contributed by atoms with E-state index >= 15 is 0 Å². The highest BCUT2D eigenvalue weighted by atomic mass is 32.1. The van der Waals surface area contributed by atoms with E-state index in [1.807, 2.05) is 11.4 Å². The van der Waals surface area contributed by atoms with Crippen molar-refractivity contribution in [3.8, 4) is 0 Å². The molecule has 4 heteroatoms. The number of aliphatic hydroxyl groups is 1. The number of nitrogen functional groups attached to an aromatic ring is 1. The van der Waals surface area contributed by atoms with Crippen LogP contribution in [0.25, 0.3) is 10.1 Å². The highest BCUT2D eigenvalue weighted by Crippen LogP contribution is 2.33. The number of anilines is 1. The first-order chi connectivity index (χ1) is 6.22. The van der Waals surface area contributed by atoms with Crippen LogP contribution in [0.2, 0.25) is 0 Å². The van der Waals surface area contributed by atoms with Crippen molar-refractivity contribution in [2.24, 2.45) is 0 Å². The van der Waals surface area contributed by atoms with Gasteiger partial charge in [-0.3, -0.25) is 0 Å². The summed E-state index contributed by atoms with van der Waals surface area (Å²) in [4.78, 5) is 0.834. The quantitative estimate of drug-likeness (QED) is 0.500. The molecule has 1 aromatic carbocycles. The minimum Gasteiger partial charge on any atom is -0.399 e. The molecule has 0 spiro atoms. The molecule has 1 aromatic heterocycles. The summed E-state index contributed by atoms with van der Waals surface area (Å²) >= 11 is 5.90. The lowest BCUT2D eigenvalue weighted by Crippen LogP contribution is -1.85. The molecular weight excluding hydrogens is 202 g/mol. The summed E-state index contributed by atoms with van der Waals surface area (Å²) in [6.45, 7) is 0.0531. The molecule has 0 saturated heterocycles. The van der Waals surface area contributed by atoms with Gasteiger partial charge in [-0.2, -0.15) is 0 Å². The van der Waals surface area contributed by atoms with Gasteiger partial charge in [0.25, 0.3) is 0 Å². The highest BCUT2D eigenvalue weighted by Gasteiger charge is 2.06. The number of aliphatic hydroxyl groups excluding tert-OH is 1. The van der Waals surface area contributed by atoms with Crippen molar-refractivity contribution in [1.29, 1.82) is 0 Å². The first kappa shape index (κ1) is 8.87. The van der Waals surface area contributed by atoms with Crippen LogP contribution in [0.4, 0.5) is 5.69 Å². The van der Waals surface area contributed by atoms with E-state index in [4.69, 9.17) is 10.8 Å². The predicted octanol–water partition coefficient (Wildman–Crippen LogP) is 2.26. The summed E-state index contributed by atoms with van der Waals surface area (Å²) in [6.07, 6.45) is 0. The normalized spacial score (nSPS) is 10.9. The van der Waals surface area contributed by atoms with Crippen LogP contribution in [0.3, 0.4) is 0 Å². The number of nitrogens with two attached hydrogens (primary N) is 1. The lowest BCUT2D eigenvalue weighted by Gasteiger charge is -2.00. The number of hydrogen-bond donors (Lipinski definition) is 3. The molecule has 2 aromatic rings. The Balaban J connectivity index is 2.82. The Hall–Kier alpha value is -0.710. The molecule has 3 N–H and O–H groups in total. The van der Waals surface area contributed by atoms with Crippen molar-refractivity contribution in [2.75, 3.05) is 5.73 Å². The largest absolute Gasteiger partial charge is 0.399 e. The third-order valence-electron chi connectivity index (χ3n) is 1.92. The molecule has 0 amide bonds. The molecule has 0 aliphatic heterocycles. The van der Waals surface area contributed by atoms with Gasteiger partial charge >= 0.3 is 0 Å². The van der Waals surface area contributed by atoms with E-state index in [1.165, 1.54) is 0 Å². The number of thiol groups is 1. The molecule has 2 nitrogen and oxygen atoms in total. The van der Waals surface area contributed by atoms with Crippen LogP contribution in [0.1, 0.15) is 5.56 Å². The number of fused-ring (bicyclic) bond motifs is 1. The summed E-state index contributed by atoms with van der Waals surface area (Å²) in [5.41, 5.74) is 7.30. The minimum atomic E-state index is 0.0531. The average Bonchev–Trinajstić information content (AvgIpc) is 2.47. The van der Waals surface area contributed by atoms with Crippen molar-refractivity contribution >= 4 is 39.7 Å². The first-order valence-electron chi connectivity index (χ1n) is 3.82. The van der Waals surface area contributed by atoms with Crippen LogP contribution >= 0.6 is 24.0 Å².